The Morgan fingerprint density at radius 3 is 2.45 bits per heavy atom. The molecule has 1 N–H and O–H groups in total. The Hall–Kier alpha value is -3.90. The Kier molecular flexibility index (Phi) is 6.29. The Balaban J connectivity index is 1.63. The minimum absolute atomic E-state index is 0.248. The Morgan fingerprint density at radius 1 is 1.00 bits per heavy atom. The third-order valence-electron chi connectivity index (χ3n) is 5.76. The molecule has 0 saturated carbocycles. The molecule has 4 rings (SSSR count). The molecule has 1 aliphatic rings. The molecular weight excluding hydrogens is 418 g/mol. The van der Waals surface area contributed by atoms with Gasteiger partial charge in [-0.05, 0) is 29.8 Å². The summed E-state index contributed by atoms with van der Waals surface area (Å²) in [5, 5.41) is 11.5. The van der Waals surface area contributed by atoms with Crippen LogP contribution in [0.1, 0.15) is 27.9 Å². The van der Waals surface area contributed by atoms with E-state index in [1.165, 1.54) is 19.1 Å². The molecule has 1 aliphatic heterocycles. The molecule has 0 bridgehead atoms. The van der Waals surface area contributed by atoms with Crippen molar-refractivity contribution in [3.8, 4) is 11.5 Å². The third-order valence-corrected chi connectivity index (χ3v) is 5.76. The van der Waals surface area contributed by atoms with Crippen LogP contribution >= 0.6 is 0 Å². The number of aliphatic hydroxyl groups is 1. The van der Waals surface area contributed by atoms with Crippen molar-refractivity contribution in [2.45, 2.75) is 12.0 Å². The van der Waals surface area contributed by atoms with Crippen molar-refractivity contribution in [2.75, 3.05) is 25.7 Å². The molecule has 0 aliphatic carbocycles. The average Bonchev–Trinajstić information content (AvgIpc) is 3.06. The summed E-state index contributed by atoms with van der Waals surface area (Å²) in [7, 11) is 2.96. The maximum Gasteiger partial charge on any atom is 0.264 e. The van der Waals surface area contributed by atoms with E-state index in [-0.39, 0.29) is 12.1 Å². The number of ether oxygens (including phenoxy) is 2. The quantitative estimate of drug-likeness (QED) is 0.528. The van der Waals surface area contributed by atoms with E-state index in [0.29, 0.717) is 22.7 Å². The molecule has 0 aromatic heterocycles. The number of ketones is 1. The smallest absolute Gasteiger partial charge is 0.264 e. The summed E-state index contributed by atoms with van der Waals surface area (Å²) in [6, 6.07) is 21.6. The van der Waals surface area contributed by atoms with E-state index in [0.717, 1.165) is 5.56 Å². The van der Waals surface area contributed by atoms with Crippen LogP contribution in [0.3, 0.4) is 0 Å². The summed E-state index contributed by atoms with van der Waals surface area (Å²) in [5.74, 6) is -0.113. The van der Waals surface area contributed by atoms with Crippen LogP contribution in [0.4, 0.5) is 5.69 Å². The molecule has 0 spiro atoms. The summed E-state index contributed by atoms with van der Waals surface area (Å²) in [6.07, 6.45) is 3.37. The van der Waals surface area contributed by atoms with Crippen LogP contribution in [-0.4, -0.2) is 37.6 Å². The highest BCUT2D eigenvalue weighted by molar-refractivity contribution is 6.11. The number of amides is 1. The van der Waals surface area contributed by atoms with Gasteiger partial charge >= 0.3 is 0 Å². The van der Waals surface area contributed by atoms with E-state index in [9.17, 15) is 14.7 Å². The van der Waals surface area contributed by atoms with Gasteiger partial charge in [-0.1, -0.05) is 60.7 Å². The topological polar surface area (TPSA) is 76.1 Å². The van der Waals surface area contributed by atoms with Crippen LogP contribution in [-0.2, 0) is 10.4 Å². The lowest BCUT2D eigenvalue weighted by Crippen LogP contribution is -2.42. The molecule has 33 heavy (non-hydrogen) atoms. The molecule has 1 atom stereocenters. The highest BCUT2D eigenvalue weighted by atomic mass is 16.5. The van der Waals surface area contributed by atoms with Crippen molar-refractivity contribution < 1.29 is 24.2 Å². The molecule has 0 fully saturated rings. The second kappa shape index (κ2) is 9.30. The number of fused-ring (bicyclic) bond motifs is 1. The van der Waals surface area contributed by atoms with Gasteiger partial charge in [0.1, 0.15) is 11.5 Å². The van der Waals surface area contributed by atoms with Gasteiger partial charge in [-0.2, -0.15) is 0 Å². The Morgan fingerprint density at radius 2 is 1.73 bits per heavy atom. The van der Waals surface area contributed by atoms with Gasteiger partial charge in [0, 0.05) is 12.1 Å². The number of rotatable bonds is 8. The van der Waals surface area contributed by atoms with Gasteiger partial charge < -0.3 is 19.5 Å². The van der Waals surface area contributed by atoms with E-state index in [2.05, 4.69) is 0 Å². The van der Waals surface area contributed by atoms with Crippen molar-refractivity contribution in [3.63, 3.8) is 0 Å². The summed E-state index contributed by atoms with van der Waals surface area (Å²) >= 11 is 0. The summed E-state index contributed by atoms with van der Waals surface area (Å²) in [4.78, 5) is 28.1. The predicted octanol–water partition coefficient (Wildman–Crippen LogP) is 4.22. The molecule has 168 valence electrons. The van der Waals surface area contributed by atoms with E-state index < -0.39 is 23.7 Å². The SMILES string of the molecule is COc1ccc(OC)c(C(=O)C[C@]2(O)C(=O)N(C/C=C\c3ccccc3)c3ccccc32)c1. The number of methoxy groups -OCH3 is 2. The number of carbonyl (C=O) groups is 2. The Labute approximate surface area is 192 Å². The number of para-hydroxylation sites is 1. The number of hydrogen-bond acceptors (Lipinski definition) is 5. The van der Waals surface area contributed by atoms with E-state index in [1.807, 2.05) is 42.5 Å². The van der Waals surface area contributed by atoms with Gasteiger partial charge in [-0.25, -0.2) is 0 Å². The van der Waals surface area contributed by atoms with Gasteiger partial charge in [-0.3, -0.25) is 9.59 Å². The zero-order valence-electron chi connectivity index (χ0n) is 18.5. The van der Waals surface area contributed by atoms with Crippen LogP contribution in [0.15, 0.2) is 78.9 Å². The second-order valence-corrected chi connectivity index (χ2v) is 7.77. The molecule has 1 heterocycles. The maximum atomic E-state index is 13.4. The molecule has 6 nitrogen and oxygen atoms in total. The fourth-order valence-corrected chi connectivity index (χ4v) is 4.08. The van der Waals surface area contributed by atoms with Gasteiger partial charge in [0.2, 0.25) is 0 Å². The molecule has 0 saturated heterocycles. The summed E-state index contributed by atoms with van der Waals surface area (Å²) in [5.41, 5.74) is 0.292. The fourth-order valence-electron chi connectivity index (χ4n) is 4.08. The van der Waals surface area contributed by atoms with Crippen molar-refractivity contribution in [3.05, 3.63) is 95.6 Å². The van der Waals surface area contributed by atoms with Gasteiger partial charge in [0.25, 0.3) is 5.91 Å². The number of nitrogens with zero attached hydrogens (tertiary/aromatic N) is 1. The lowest BCUT2D eigenvalue weighted by molar-refractivity contribution is -0.135. The first-order valence-corrected chi connectivity index (χ1v) is 10.6. The third kappa shape index (κ3) is 4.25. The van der Waals surface area contributed by atoms with E-state index >= 15 is 0 Å². The maximum absolute atomic E-state index is 13.4. The number of hydrogen-bond donors (Lipinski definition) is 1. The van der Waals surface area contributed by atoms with Gasteiger partial charge in [0.15, 0.2) is 11.4 Å². The number of anilines is 1. The molecule has 1 amide bonds. The van der Waals surface area contributed by atoms with Crippen molar-refractivity contribution in [2.24, 2.45) is 0 Å². The van der Waals surface area contributed by atoms with Crippen LogP contribution in [0.2, 0.25) is 0 Å². The molecule has 0 radical (unpaired) electrons. The minimum Gasteiger partial charge on any atom is -0.497 e. The number of benzene rings is 3. The number of Topliss-reactive ketones (excluding diaryl/α,β-unsaturated/α-hetero) is 1. The predicted molar refractivity (Wildman–Crippen MR) is 127 cm³/mol. The second-order valence-electron chi connectivity index (χ2n) is 7.77. The molecule has 3 aromatic rings. The fraction of sp³-hybridized carbons (Fsp3) is 0.185. The van der Waals surface area contributed by atoms with Gasteiger partial charge in [-0.15, -0.1) is 0 Å². The van der Waals surface area contributed by atoms with E-state index in [4.69, 9.17) is 9.47 Å². The van der Waals surface area contributed by atoms with E-state index in [1.54, 1.807) is 42.5 Å². The first-order valence-electron chi connectivity index (χ1n) is 10.6. The van der Waals surface area contributed by atoms with Crippen LogP contribution < -0.4 is 14.4 Å². The first-order chi connectivity index (χ1) is 16.0. The van der Waals surface area contributed by atoms with Crippen molar-refractivity contribution in [1.29, 1.82) is 0 Å². The molecule has 6 heteroatoms. The average molecular weight is 443 g/mol. The van der Waals surface area contributed by atoms with Crippen LogP contribution in [0.25, 0.3) is 6.08 Å². The lowest BCUT2D eigenvalue weighted by Gasteiger charge is -2.22. The summed E-state index contributed by atoms with van der Waals surface area (Å²) in [6.45, 7) is 0.268. The van der Waals surface area contributed by atoms with Gasteiger partial charge in [0.05, 0.1) is 31.9 Å². The zero-order chi connectivity index (χ0) is 23.4. The minimum atomic E-state index is -1.97. The molecule has 3 aromatic carbocycles. The van der Waals surface area contributed by atoms with Crippen molar-refractivity contribution in [1.82, 2.24) is 0 Å². The lowest BCUT2D eigenvalue weighted by atomic mass is 9.88. The highest BCUT2D eigenvalue weighted by Gasteiger charge is 2.50. The molecule has 0 unspecified atom stereocenters. The Bertz CT molecular complexity index is 1200. The normalized spacial score (nSPS) is 17.3. The number of carbonyl (C=O) groups excluding carboxylic acids is 2. The summed E-state index contributed by atoms with van der Waals surface area (Å²) < 4.78 is 10.5. The van der Waals surface area contributed by atoms with Crippen LogP contribution in [0.5, 0.6) is 11.5 Å². The standard InChI is InChI=1S/C27H25NO5/c1-32-20-14-15-25(33-2)21(17-20)24(29)18-27(31)22-12-6-7-13-23(22)28(26(27)30)16-8-11-19-9-4-3-5-10-19/h3-15,17,31H,16,18H2,1-2H3/b11-8-/t27-/m1/s1. The molecular formula is C27H25NO5. The monoisotopic (exact) mass is 443 g/mol. The van der Waals surface area contributed by atoms with Crippen molar-refractivity contribution >= 4 is 23.5 Å². The zero-order valence-corrected chi connectivity index (χ0v) is 18.5. The highest BCUT2D eigenvalue weighted by Crippen LogP contribution is 2.43. The van der Waals surface area contributed by atoms with Crippen LogP contribution in [0, 0.1) is 0 Å². The largest absolute Gasteiger partial charge is 0.497 e. The first kappa shape index (κ1) is 22.3.